The van der Waals surface area contributed by atoms with Gasteiger partial charge in [-0.1, -0.05) is 0 Å². The fourth-order valence-corrected chi connectivity index (χ4v) is 2.65. The molecule has 104 valence electrons. The molecular weight excluding hydrogens is 246 g/mol. The summed E-state index contributed by atoms with van der Waals surface area (Å²) < 4.78 is 1.60. The van der Waals surface area contributed by atoms with Gasteiger partial charge in [0.15, 0.2) is 0 Å². The van der Waals surface area contributed by atoms with Gasteiger partial charge < -0.3 is 10.0 Å². The minimum atomic E-state index is -0.822. The molecule has 2 rings (SSSR count). The predicted molar refractivity (Wildman–Crippen MR) is 68.5 cm³/mol. The van der Waals surface area contributed by atoms with Gasteiger partial charge in [0.25, 0.3) is 0 Å². The molecule has 0 saturated carbocycles. The number of rotatable bonds is 3. The van der Waals surface area contributed by atoms with E-state index in [4.69, 9.17) is 0 Å². The molecule has 0 spiro atoms. The average molecular weight is 265 g/mol. The van der Waals surface area contributed by atoms with Crippen LogP contribution < -0.4 is 0 Å². The van der Waals surface area contributed by atoms with Crippen molar-refractivity contribution in [2.75, 3.05) is 6.54 Å². The molecule has 2 heterocycles. The van der Waals surface area contributed by atoms with Crippen molar-refractivity contribution in [2.45, 2.75) is 38.8 Å². The van der Waals surface area contributed by atoms with Crippen molar-refractivity contribution >= 4 is 11.9 Å². The smallest absolute Gasteiger partial charge is 0.308 e. The van der Waals surface area contributed by atoms with Crippen LogP contribution in [0.2, 0.25) is 0 Å². The molecule has 1 aliphatic heterocycles. The molecule has 1 fully saturated rings. The summed E-state index contributed by atoms with van der Waals surface area (Å²) in [4.78, 5) is 25.3. The number of carbonyl (C=O) groups is 2. The quantitative estimate of drug-likeness (QED) is 0.889. The summed E-state index contributed by atoms with van der Waals surface area (Å²) in [5.41, 5.74) is 0. The van der Waals surface area contributed by atoms with E-state index in [0.29, 0.717) is 13.0 Å². The number of hydrogen-bond donors (Lipinski definition) is 1. The van der Waals surface area contributed by atoms with E-state index in [-0.39, 0.29) is 11.9 Å². The second-order valence-electron chi connectivity index (χ2n) is 5.02. The van der Waals surface area contributed by atoms with Crippen LogP contribution in [0, 0.1) is 5.92 Å². The minimum absolute atomic E-state index is 0.0675. The van der Waals surface area contributed by atoms with Crippen molar-refractivity contribution in [3.8, 4) is 0 Å². The number of aliphatic carboxylic acids is 1. The Morgan fingerprint density at radius 3 is 2.79 bits per heavy atom. The molecule has 1 aromatic rings. The zero-order chi connectivity index (χ0) is 14.0. The average Bonchev–Trinajstić information content (AvgIpc) is 2.90. The lowest BCUT2D eigenvalue weighted by atomic mass is 9.90. The lowest BCUT2D eigenvalue weighted by molar-refractivity contribution is -0.150. The summed E-state index contributed by atoms with van der Waals surface area (Å²) in [6, 6.07) is 1.10. The van der Waals surface area contributed by atoms with E-state index in [9.17, 15) is 14.7 Å². The maximum absolute atomic E-state index is 12.4. The molecule has 1 unspecified atom stereocenters. The number of aromatic nitrogens is 2. The first-order valence-electron chi connectivity index (χ1n) is 6.54. The number of piperidine rings is 1. The van der Waals surface area contributed by atoms with Crippen molar-refractivity contribution in [1.82, 2.24) is 14.7 Å². The molecule has 1 aromatic heterocycles. The summed E-state index contributed by atoms with van der Waals surface area (Å²) in [5.74, 6) is -1.36. The monoisotopic (exact) mass is 265 g/mol. The van der Waals surface area contributed by atoms with E-state index in [1.807, 2.05) is 6.92 Å². The van der Waals surface area contributed by atoms with Gasteiger partial charge in [0, 0.05) is 25.0 Å². The molecule has 19 heavy (non-hydrogen) atoms. The third-order valence-electron chi connectivity index (χ3n) is 3.87. The van der Waals surface area contributed by atoms with Gasteiger partial charge >= 0.3 is 5.97 Å². The number of nitrogens with zero attached hydrogens (tertiary/aromatic N) is 3. The Bertz CT molecular complexity index is 458. The van der Waals surface area contributed by atoms with Gasteiger partial charge in [-0.2, -0.15) is 5.10 Å². The lowest BCUT2D eigenvalue weighted by Crippen LogP contribution is -2.51. The van der Waals surface area contributed by atoms with E-state index >= 15 is 0 Å². The van der Waals surface area contributed by atoms with E-state index in [0.717, 1.165) is 6.42 Å². The number of amides is 1. The van der Waals surface area contributed by atoms with Crippen molar-refractivity contribution in [3.05, 3.63) is 18.5 Å². The Hall–Kier alpha value is -1.85. The van der Waals surface area contributed by atoms with Gasteiger partial charge in [-0.25, -0.2) is 0 Å². The normalized spacial score (nSPS) is 25.1. The standard InChI is InChI=1S/C13H19N3O3/c1-9-11(13(18)19)5-3-7-15(9)12(17)10(2)16-8-4-6-14-16/h4,6,8-11H,3,5,7H2,1-2H3,(H,18,19)/t9-,10?,11-/m0/s1. The zero-order valence-corrected chi connectivity index (χ0v) is 11.2. The van der Waals surface area contributed by atoms with Crippen LogP contribution in [0.5, 0.6) is 0 Å². The van der Waals surface area contributed by atoms with Gasteiger partial charge in [-0.3, -0.25) is 14.3 Å². The number of carbonyl (C=O) groups excluding carboxylic acids is 1. The molecule has 1 saturated heterocycles. The van der Waals surface area contributed by atoms with Crippen LogP contribution in [0.25, 0.3) is 0 Å². The third-order valence-corrected chi connectivity index (χ3v) is 3.87. The second-order valence-corrected chi connectivity index (χ2v) is 5.02. The molecule has 1 amide bonds. The lowest BCUT2D eigenvalue weighted by Gasteiger charge is -2.38. The van der Waals surface area contributed by atoms with Gasteiger partial charge in [0.05, 0.1) is 5.92 Å². The maximum Gasteiger partial charge on any atom is 0.308 e. The van der Waals surface area contributed by atoms with E-state index in [1.54, 1.807) is 35.0 Å². The summed E-state index contributed by atoms with van der Waals surface area (Å²) in [6.07, 6.45) is 4.74. The number of carboxylic acids is 1. The Morgan fingerprint density at radius 2 is 2.21 bits per heavy atom. The van der Waals surface area contributed by atoms with Crippen LogP contribution in [0.3, 0.4) is 0 Å². The topological polar surface area (TPSA) is 75.4 Å². The molecular formula is C13H19N3O3. The molecule has 0 bridgehead atoms. The summed E-state index contributed by atoms with van der Waals surface area (Å²) in [6.45, 7) is 4.22. The highest BCUT2D eigenvalue weighted by Crippen LogP contribution is 2.25. The first-order valence-corrected chi connectivity index (χ1v) is 6.54. The highest BCUT2D eigenvalue weighted by Gasteiger charge is 2.37. The maximum atomic E-state index is 12.4. The Kier molecular flexibility index (Phi) is 3.87. The van der Waals surface area contributed by atoms with E-state index in [2.05, 4.69) is 5.10 Å². The summed E-state index contributed by atoms with van der Waals surface area (Å²) in [7, 11) is 0. The number of hydrogen-bond acceptors (Lipinski definition) is 3. The SMILES string of the molecule is CC(C(=O)N1CCC[C@H](C(=O)O)[C@@H]1C)n1cccn1. The van der Waals surface area contributed by atoms with Crippen LogP contribution >= 0.6 is 0 Å². The zero-order valence-electron chi connectivity index (χ0n) is 11.2. The van der Waals surface area contributed by atoms with Crippen molar-refractivity contribution < 1.29 is 14.7 Å². The summed E-state index contributed by atoms with van der Waals surface area (Å²) >= 11 is 0. The number of carboxylic acid groups (broad SMARTS) is 1. The highest BCUT2D eigenvalue weighted by molar-refractivity contribution is 5.81. The molecule has 3 atom stereocenters. The fourth-order valence-electron chi connectivity index (χ4n) is 2.65. The number of likely N-dealkylation sites (tertiary alicyclic amines) is 1. The Morgan fingerprint density at radius 1 is 1.47 bits per heavy atom. The largest absolute Gasteiger partial charge is 0.481 e. The van der Waals surface area contributed by atoms with Gasteiger partial charge in [0.1, 0.15) is 6.04 Å². The molecule has 0 aromatic carbocycles. The van der Waals surface area contributed by atoms with E-state index in [1.165, 1.54) is 0 Å². The van der Waals surface area contributed by atoms with Crippen LogP contribution in [-0.4, -0.2) is 44.3 Å². The van der Waals surface area contributed by atoms with E-state index < -0.39 is 17.9 Å². The van der Waals surface area contributed by atoms with Crippen molar-refractivity contribution in [2.24, 2.45) is 5.92 Å². The molecule has 1 aliphatic rings. The molecule has 6 heteroatoms. The highest BCUT2D eigenvalue weighted by atomic mass is 16.4. The predicted octanol–water partition coefficient (Wildman–Crippen LogP) is 1.16. The molecule has 0 aliphatic carbocycles. The first-order chi connectivity index (χ1) is 9.02. The van der Waals surface area contributed by atoms with Crippen LogP contribution in [-0.2, 0) is 9.59 Å². The first kappa shape index (κ1) is 13.6. The van der Waals surface area contributed by atoms with Crippen molar-refractivity contribution in [1.29, 1.82) is 0 Å². The van der Waals surface area contributed by atoms with Crippen LogP contribution in [0.4, 0.5) is 0 Å². The molecule has 1 N–H and O–H groups in total. The molecule has 6 nitrogen and oxygen atoms in total. The van der Waals surface area contributed by atoms with Gasteiger partial charge in [0.2, 0.25) is 5.91 Å². The minimum Gasteiger partial charge on any atom is -0.481 e. The van der Waals surface area contributed by atoms with Gasteiger partial charge in [-0.05, 0) is 32.8 Å². The summed E-state index contributed by atoms with van der Waals surface area (Å²) in [5, 5.41) is 13.2. The third kappa shape index (κ3) is 2.62. The van der Waals surface area contributed by atoms with Gasteiger partial charge in [-0.15, -0.1) is 0 Å². The fraction of sp³-hybridized carbons (Fsp3) is 0.615. The second kappa shape index (κ2) is 5.42. The molecule has 0 radical (unpaired) electrons. The van der Waals surface area contributed by atoms with Crippen LogP contribution in [0.15, 0.2) is 18.5 Å². The Labute approximate surface area is 112 Å². The Balaban J connectivity index is 2.12. The van der Waals surface area contributed by atoms with Crippen molar-refractivity contribution in [3.63, 3.8) is 0 Å². The van der Waals surface area contributed by atoms with Crippen LogP contribution in [0.1, 0.15) is 32.7 Å².